The number of carboxylic acids is 1. The summed E-state index contributed by atoms with van der Waals surface area (Å²) in [7, 11) is 0. The van der Waals surface area contributed by atoms with Crippen LogP contribution in [0.15, 0.2) is 30.0 Å². The van der Waals surface area contributed by atoms with Crippen LogP contribution in [0.25, 0.3) is 6.08 Å². The zero-order chi connectivity index (χ0) is 11.3. The highest BCUT2D eigenvalue weighted by Gasteiger charge is 2.09. The quantitative estimate of drug-likeness (QED) is 0.597. The number of pyridine rings is 1. The molecule has 1 N–H and O–H groups in total. The van der Waals surface area contributed by atoms with Crippen molar-refractivity contribution in [3.05, 3.63) is 35.7 Å². The Morgan fingerprint density at radius 2 is 2.20 bits per heavy atom. The standard InChI is InChI=1S/C11H11NO3/c1-8(10(13)7-11(14)15)6-9-4-2-3-5-12-9/h2-6H,7H2,1H3,(H,14,15)/b8-6-. The lowest BCUT2D eigenvalue weighted by Crippen LogP contribution is -2.07. The number of ketones is 1. The minimum absolute atomic E-state index is 0.395. The van der Waals surface area contributed by atoms with Gasteiger partial charge < -0.3 is 5.11 Å². The number of aromatic nitrogens is 1. The van der Waals surface area contributed by atoms with Crippen LogP contribution in [0, 0.1) is 0 Å². The van der Waals surface area contributed by atoms with Crippen LogP contribution < -0.4 is 0 Å². The summed E-state index contributed by atoms with van der Waals surface area (Å²) in [6, 6.07) is 5.32. The molecule has 0 amide bonds. The van der Waals surface area contributed by atoms with Crippen molar-refractivity contribution in [2.45, 2.75) is 13.3 Å². The SMILES string of the molecule is C/C(=C/c1ccccn1)C(=O)CC(=O)O. The minimum Gasteiger partial charge on any atom is -0.481 e. The van der Waals surface area contributed by atoms with E-state index in [0.717, 1.165) is 0 Å². The monoisotopic (exact) mass is 205 g/mol. The molecule has 0 aliphatic heterocycles. The zero-order valence-electron chi connectivity index (χ0n) is 8.30. The first kappa shape index (κ1) is 11.1. The van der Waals surface area contributed by atoms with Gasteiger partial charge >= 0.3 is 5.97 Å². The second-order valence-electron chi connectivity index (χ2n) is 3.08. The van der Waals surface area contributed by atoms with Gasteiger partial charge in [0.15, 0.2) is 5.78 Å². The lowest BCUT2D eigenvalue weighted by atomic mass is 10.1. The van der Waals surface area contributed by atoms with Crippen LogP contribution in [0.5, 0.6) is 0 Å². The molecule has 0 saturated carbocycles. The molecule has 0 aliphatic carbocycles. The molecule has 4 nitrogen and oxygen atoms in total. The first-order valence-corrected chi connectivity index (χ1v) is 4.44. The molecule has 0 aromatic carbocycles. The number of Topliss-reactive ketones (excluding diaryl/α,β-unsaturated/α-hetero) is 1. The van der Waals surface area contributed by atoms with E-state index in [1.165, 1.54) is 0 Å². The van der Waals surface area contributed by atoms with Crippen molar-refractivity contribution in [3.63, 3.8) is 0 Å². The van der Waals surface area contributed by atoms with Gasteiger partial charge in [-0.25, -0.2) is 0 Å². The first-order valence-electron chi connectivity index (χ1n) is 4.44. The molecule has 0 radical (unpaired) electrons. The van der Waals surface area contributed by atoms with E-state index in [1.54, 1.807) is 37.4 Å². The Hall–Kier alpha value is -1.97. The normalized spacial score (nSPS) is 11.1. The topological polar surface area (TPSA) is 67.3 Å². The fraction of sp³-hybridized carbons (Fsp3) is 0.182. The van der Waals surface area contributed by atoms with Crippen molar-refractivity contribution in [3.8, 4) is 0 Å². The average molecular weight is 205 g/mol. The summed E-state index contributed by atoms with van der Waals surface area (Å²) in [5, 5.41) is 8.44. The highest BCUT2D eigenvalue weighted by Crippen LogP contribution is 2.05. The van der Waals surface area contributed by atoms with Gasteiger partial charge in [-0.1, -0.05) is 6.07 Å². The van der Waals surface area contributed by atoms with Crippen LogP contribution in [0.4, 0.5) is 0 Å². The number of carbonyl (C=O) groups excluding carboxylic acids is 1. The van der Waals surface area contributed by atoms with Crippen molar-refractivity contribution in [2.24, 2.45) is 0 Å². The summed E-state index contributed by atoms with van der Waals surface area (Å²) in [5.74, 6) is -1.51. The Balaban J connectivity index is 2.76. The molecule has 78 valence electrons. The maximum absolute atomic E-state index is 11.3. The molecular formula is C11H11NO3. The largest absolute Gasteiger partial charge is 0.481 e. The summed E-state index contributed by atoms with van der Waals surface area (Å²) in [6.45, 7) is 1.58. The van der Waals surface area contributed by atoms with Gasteiger partial charge in [0.05, 0.1) is 5.69 Å². The van der Waals surface area contributed by atoms with Gasteiger partial charge in [-0.15, -0.1) is 0 Å². The summed E-state index contributed by atoms with van der Waals surface area (Å²) >= 11 is 0. The Morgan fingerprint density at radius 1 is 1.47 bits per heavy atom. The predicted octanol–water partition coefficient (Wildman–Crippen LogP) is 1.53. The number of allylic oxidation sites excluding steroid dienone is 1. The first-order chi connectivity index (χ1) is 7.09. The van der Waals surface area contributed by atoms with Crippen molar-refractivity contribution in [1.82, 2.24) is 4.98 Å². The molecule has 4 heteroatoms. The van der Waals surface area contributed by atoms with E-state index in [-0.39, 0.29) is 0 Å². The van der Waals surface area contributed by atoms with Crippen LogP contribution in [0.3, 0.4) is 0 Å². The number of nitrogens with zero attached hydrogens (tertiary/aromatic N) is 1. The Kier molecular flexibility index (Phi) is 3.74. The fourth-order valence-electron chi connectivity index (χ4n) is 1.04. The third-order valence-corrected chi connectivity index (χ3v) is 1.80. The Bertz CT molecular complexity index is 396. The molecule has 1 aromatic heterocycles. The molecule has 1 rings (SSSR count). The number of hydrogen-bond donors (Lipinski definition) is 1. The molecule has 1 heterocycles. The van der Waals surface area contributed by atoms with Crippen molar-refractivity contribution in [2.75, 3.05) is 0 Å². The molecule has 1 aromatic rings. The van der Waals surface area contributed by atoms with Gasteiger partial charge in [0.25, 0.3) is 0 Å². The number of rotatable bonds is 4. The molecule has 0 saturated heterocycles. The molecular weight excluding hydrogens is 194 g/mol. The average Bonchev–Trinajstić information content (AvgIpc) is 2.18. The predicted molar refractivity (Wildman–Crippen MR) is 55.1 cm³/mol. The lowest BCUT2D eigenvalue weighted by molar-refractivity contribution is -0.139. The summed E-state index contributed by atoms with van der Waals surface area (Å²) in [5.41, 5.74) is 1.05. The number of carboxylic acid groups (broad SMARTS) is 1. The van der Waals surface area contributed by atoms with Crippen LogP contribution >= 0.6 is 0 Å². The van der Waals surface area contributed by atoms with E-state index in [9.17, 15) is 9.59 Å². The molecule has 0 unspecified atom stereocenters. The van der Waals surface area contributed by atoms with Crippen molar-refractivity contribution in [1.29, 1.82) is 0 Å². The Labute approximate surface area is 87.3 Å². The van der Waals surface area contributed by atoms with E-state index >= 15 is 0 Å². The summed E-state index contributed by atoms with van der Waals surface area (Å²) < 4.78 is 0. The highest BCUT2D eigenvalue weighted by atomic mass is 16.4. The molecule has 0 atom stereocenters. The van der Waals surface area contributed by atoms with Gasteiger partial charge in [-0.2, -0.15) is 0 Å². The van der Waals surface area contributed by atoms with Gasteiger partial charge in [0.2, 0.25) is 0 Å². The maximum atomic E-state index is 11.3. The Morgan fingerprint density at radius 3 is 2.73 bits per heavy atom. The molecule has 0 fully saturated rings. The minimum atomic E-state index is -1.12. The molecule has 15 heavy (non-hydrogen) atoms. The third kappa shape index (κ3) is 3.72. The van der Waals surface area contributed by atoms with E-state index in [4.69, 9.17) is 5.11 Å². The fourth-order valence-corrected chi connectivity index (χ4v) is 1.04. The van der Waals surface area contributed by atoms with Gasteiger partial charge in [-0.3, -0.25) is 14.6 Å². The summed E-state index contributed by atoms with van der Waals surface area (Å²) in [4.78, 5) is 25.6. The molecule has 0 aliphatic rings. The number of carbonyl (C=O) groups is 2. The van der Waals surface area contributed by atoms with Crippen LogP contribution in [0.2, 0.25) is 0 Å². The zero-order valence-corrected chi connectivity index (χ0v) is 8.30. The second-order valence-corrected chi connectivity index (χ2v) is 3.08. The van der Waals surface area contributed by atoms with Crippen LogP contribution in [0.1, 0.15) is 19.0 Å². The number of aliphatic carboxylic acids is 1. The maximum Gasteiger partial charge on any atom is 0.311 e. The van der Waals surface area contributed by atoms with E-state index in [2.05, 4.69) is 4.98 Å². The summed E-state index contributed by atoms with van der Waals surface area (Å²) in [6.07, 6.45) is 2.71. The molecule has 0 spiro atoms. The van der Waals surface area contributed by atoms with Crippen LogP contribution in [-0.2, 0) is 9.59 Å². The smallest absolute Gasteiger partial charge is 0.311 e. The third-order valence-electron chi connectivity index (χ3n) is 1.80. The van der Waals surface area contributed by atoms with Crippen molar-refractivity contribution < 1.29 is 14.7 Å². The van der Waals surface area contributed by atoms with Gasteiger partial charge in [0.1, 0.15) is 6.42 Å². The van der Waals surface area contributed by atoms with Gasteiger partial charge in [-0.05, 0) is 30.7 Å². The van der Waals surface area contributed by atoms with Gasteiger partial charge in [0, 0.05) is 6.20 Å². The highest BCUT2D eigenvalue weighted by molar-refractivity contribution is 6.07. The molecule has 0 bridgehead atoms. The van der Waals surface area contributed by atoms with E-state index < -0.39 is 18.2 Å². The van der Waals surface area contributed by atoms with Crippen molar-refractivity contribution >= 4 is 17.8 Å². The number of hydrogen-bond acceptors (Lipinski definition) is 3. The lowest BCUT2D eigenvalue weighted by Gasteiger charge is -1.97. The van der Waals surface area contributed by atoms with E-state index in [1.807, 2.05) is 0 Å². The van der Waals surface area contributed by atoms with Crippen LogP contribution in [-0.4, -0.2) is 21.8 Å². The van der Waals surface area contributed by atoms with E-state index in [0.29, 0.717) is 11.3 Å². The second kappa shape index (κ2) is 5.05.